The molecule has 1 fully saturated rings. The van der Waals surface area contributed by atoms with Gasteiger partial charge in [-0.15, -0.1) is 0 Å². The van der Waals surface area contributed by atoms with Gasteiger partial charge in [0.05, 0.1) is 23.1 Å². The first-order valence-electron chi connectivity index (χ1n) is 9.71. The summed E-state index contributed by atoms with van der Waals surface area (Å²) in [5.41, 5.74) is 2.79. The first-order chi connectivity index (χ1) is 14.3. The molecular formula is C22H21N5O2. The van der Waals surface area contributed by atoms with Crippen LogP contribution in [0.15, 0.2) is 65.4 Å². The van der Waals surface area contributed by atoms with E-state index in [1.807, 2.05) is 36.4 Å². The van der Waals surface area contributed by atoms with Gasteiger partial charge in [-0.1, -0.05) is 30.3 Å². The van der Waals surface area contributed by atoms with Gasteiger partial charge in [0, 0.05) is 19.3 Å². The number of amides is 1. The van der Waals surface area contributed by atoms with E-state index in [1.165, 1.54) is 5.56 Å². The number of nitrogens with zero attached hydrogens (tertiary/aromatic N) is 3. The molecule has 1 aliphatic heterocycles. The molecule has 146 valence electrons. The fourth-order valence-electron chi connectivity index (χ4n) is 3.82. The Balaban J connectivity index is 1.25. The van der Waals surface area contributed by atoms with E-state index in [0.717, 1.165) is 42.7 Å². The zero-order chi connectivity index (χ0) is 19.6. The number of anilines is 1. The van der Waals surface area contributed by atoms with Gasteiger partial charge in [-0.25, -0.2) is 0 Å². The van der Waals surface area contributed by atoms with Gasteiger partial charge in [0.2, 0.25) is 5.91 Å². The van der Waals surface area contributed by atoms with Crippen LogP contribution in [0.1, 0.15) is 12.0 Å². The number of pyridine rings is 1. The molecule has 1 aromatic carbocycles. The molecule has 1 atom stereocenters. The molecule has 0 radical (unpaired) electrons. The van der Waals surface area contributed by atoms with Gasteiger partial charge in [0.1, 0.15) is 5.69 Å². The average Bonchev–Trinajstić information content (AvgIpc) is 3.50. The number of aromatic amines is 1. The van der Waals surface area contributed by atoms with Crippen LogP contribution in [0.25, 0.3) is 22.4 Å². The summed E-state index contributed by atoms with van der Waals surface area (Å²) in [6.07, 6.45) is 4.17. The number of carbonyl (C=O) groups is 1. The summed E-state index contributed by atoms with van der Waals surface area (Å²) in [7, 11) is 0. The van der Waals surface area contributed by atoms with E-state index in [9.17, 15) is 4.79 Å². The smallest absolute Gasteiger partial charge is 0.230 e. The zero-order valence-electron chi connectivity index (χ0n) is 15.8. The molecule has 4 heterocycles. The third kappa shape index (κ3) is 3.64. The monoisotopic (exact) mass is 387 g/mol. The minimum Gasteiger partial charge on any atom is -0.463 e. The van der Waals surface area contributed by atoms with Crippen LogP contribution in [-0.2, 0) is 11.3 Å². The number of nitrogens with one attached hydrogen (secondary N) is 2. The number of rotatable bonds is 5. The molecule has 1 saturated heterocycles. The maximum atomic E-state index is 12.8. The number of fused-ring (bicyclic) bond motifs is 1. The van der Waals surface area contributed by atoms with Crippen LogP contribution < -0.4 is 5.32 Å². The minimum atomic E-state index is -0.0409. The number of likely N-dealkylation sites (tertiary alicyclic amines) is 1. The molecule has 7 nitrogen and oxygen atoms in total. The van der Waals surface area contributed by atoms with Gasteiger partial charge in [0.25, 0.3) is 0 Å². The number of hydrogen-bond donors (Lipinski definition) is 2. The lowest BCUT2D eigenvalue weighted by Gasteiger charge is -2.15. The maximum Gasteiger partial charge on any atom is 0.230 e. The van der Waals surface area contributed by atoms with Crippen molar-refractivity contribution in [2.24, 2.45) is 5.92 Å². The molecule has 0 spiro atoms. The lowest BCUT2D eigenvalue weighted by Crippen LogP contribution is -2.27. The maximum absolute atomic E-state index is 12.8. The van der Waals surface area contributed by atoms with E-state index >= 15 is 0 Å². The van der Waals surface area contributed by atoms with Gasteiger partial charge in [-0.05, 0) is 36.7 Å². The number of hydrogen-bond acceptors (Lipinski definition) is 5. The largest absolute Gasteiger partial charge is 0.463 e. The van der Waals surface area contributed by atoms with E-state index < -0.39 is 0 Å². The van der Waals surface area contributed by atoms with E-state index in [4.69, 9.17) is 4.42 Å². The molecule has 1 unspecified atom stereocenters. The van der Waals surface area contributed by atoms with Crippen LogP contribution in [0.3, 0.4) is 0 Å². The lowest BCUT2D eigenvalue weighted by molar-refractivity contribution is -0.119. The second-order valence-corrected chi connectivity index (χ2v) is 7.36. The van der Waals surface area contributed by atoms with E-state index in [1.54, 1.807) is 12.5 Å². The molecule has 1 amide bonds. The van der Waals surface area contributed by atoms with Crippen LogP contribution in [0.4, 0.5) is 5.82 Å². The van der Waals surface area contributed by atoms with Crippen LogP contribution in [-0.4, -0.2) is 39.1 Å². The fraction of sp³-hybridized carbons (Fsp3) is 0.227. The summed E-state index contributed by atoms with van der Waals surface area (Å²) in [5, 5.41) is 11.0. The first-order valence-corrected chi connectivity index (χ1v) is 9.71. The van der Waals surface area contributed by atoms with Crippen LogP contribution >= 0.6 is 0 Å². The molecule has 0 aliphatic carbocycles. The summed E-state index contributed by atoms with van der Waals surface area (Å²) < 4.78 is 5.39. The van der Waals surface area contributed by atoms with E-state index in [-0.39, 0.29) is 11.8 Å². The van der Waals surface area contributed by atoms with Crippen molar-refractivity contribution < 1.29 is 9.21 Å². The van der Waals surface area contributed by atoms with E-state index in [2.05, 4.69) is 37.5 Å². The topological polar surface area (TPSA) is 87.0 Å². The van der Waals surface area contributed by atoms with E-state index in [0.29, 0.717) is 11.6 Å². The van der Waals surface area contributed by atoms with Crippen molar-refractivity contribution in [2.45, 2.75) is 13.0 Å². The van der Waals surface area contributed by atoms with Gasteiger partial charge in [-0.3, -0.25) is 19.8 Å². The summed E-state index contributed by atoms with van der Waals surface area (Å²) >= 11 is 0. The fourth-order valence-corrected chi connectivity index (χ4v) is 3.82. The lowest BCUT2D eigenvalue weighted by atomic mass is 10.1. The zero-order valence-corrected chi connectivity index (χ0v) is 15.8. The molecule has 29 heavy (non-hydrogen) atoms. The Morgan fingerprint density at radius 3 is 2.97 bits per heavy atom. The molecule has 2 N–H and O–H groups in total. The SMILES string of the molecule is O=C(Nc1n[nH]c2cc(-c3ccco3)ncc12)C1CCN(Cc2ccccc2)C1. The number of benzene rings is 1. The second kappa shape index (κ2) is 7.52. The van der Waals surface area contributed by atoms with Crippen molar-refractivity contribution in [3.05, 3.63) is 66.6 Å². The highest BCUT2D eigenvalue weighted by Gasteiger charge is 2.29. The Morgan fingerprint density at radius 1 is 1.24 bits per heavy atom. The molecule has 3 aromatic heterocycles. The van der Waals surface area contributed by atoms with Gasteiger partial charge in [0.15, 0.2) is 11.6 Å². The third-order valence-electron chi connectivity index (χ3n) is 5.35. The molecule has 0 bridgehead atoms. The summed E-state index contributed by atoms with van der Waals surface area (Å²) in [6.45, 7) is 2.54. The highest BCUT2D eigenvalue weighted by molar-refractivity contribution is 6.00. The predicted octanol–water partition coefficient (Wildman–Crippen LogP) is 3.68. The molecule has 0 saturated carbocycles. The highest BCUT2D eigenvalue weighted by Crippen LogP contribution is 2.26. The van der Waals surface area contributed by atoms with Crippen LogP contribution in [0.2, 0.25) is 0 Å². The Morgan fingerprint density at radius 2 is 2.14 bits per heavy atom. The molecule has 5 rings (SSSR count). The third-order valence-corrected chi connectivity index (χ3v) is 5.35. The number of aromatic nitrogens is 3. The molecule has 1 aliphatic rings. The Kier molecular flexibility index (Phi) is 4.57. The van der Waals surface area contributed by atoms with Crippen molar-refractivity contribution in [1.29, 1.82) is 0 Å². The standard InChI is InChI=1S/C22H21N5O2/c28-22(16-8-9-27(14-16)13-15-5-2-1-3-6-15)24-21-17-12-23-19(11-18(17)25-26-21)20-7-4-10-29-20/h1-7,10-12,16H,8-9,13-14H2,(H2,24,25,26,28). The Bertz CT molecular complexity index is 1120. The number of H-pyrrole nitrogens is 1. The molecular weight excluding hydrogens is 366 g/mol. The quantitative estimate of drug-likeness (QED) is 0.545. The van der Waals surface area contributed by atoms with Crippen LogP contribution in [0.5, 0.6) is 0 Å². The minimum absolute atomic E-state index is 0.00377. The predicted molar refractivity (Wildman–Crippen MR) is 110 cm³/mol. The van der Waals surface area contributed by atoms with Gasteiger partial charge < -0.3 is 9.73 Å². The van der Waals surface area contributed by atoms with Crippen molar-refractivity contribution in [3.63, 3.8) is 0 Å². The summed E-state index contributed by atoms with van der Waals surface area (Å²) in [4.78, 5) is 19.5. The van der Waals surface area contributed by atoms with Crippen LogP contribution in [0, 0.1) is 5.92 Å². The Hall–Kier alpha value is -3.45. The number of furan rings is 1. The first kappa shape index (κ1) is 17.6. The van der Waals surface area contributed by atoms with Gasteiger partial charge in [-0.2, -0.15) is 5.10 Å². The van der Waals surface area contributed by atoms with Crippen molar-refractivity contribution in [1.82, 2.24) is 20.1 Å². The second-order valence-electron chi connectivity index (χ2n) is 7.36. The summed E-state index contributed by atoms with van der Waals surface area (Å²) in [6, 6.07) is 15.9. The van der Waals surface area contributed by atoms with Crippen molar-refractivity contribution in [2.75, 3.05) is 18.4 Å². The molecule has 4 aromatic rings. The summed E-state index contributed by atoms with van der Waals surface area (Å²) in [5.74, 6) is 1.17. The molecule has 7 heteroatoms. The number of carbonyl (C=O) groups excluding carboxylic acids is 1. The highest BCUT2D eigenvalue weighted by atomic mass is 16.3. The van der Waals surface area contributed by atoms with Crippen molar-refractivity contribution >= 4 is 22.6 Å². The van der Waals surface area contributed by atoms with Crippen molar-refractivity contribution in [3.8, 4) is 11.5 Å². The van der Waals surface area contributed by atoms with Gasteiger partial charge >= 0.3 is 0 Å². The normalized spacial score (nSPS) is 17.0. The average molecular weight is 387 g/mol. The Labute approximate surface area is 167 Å².